The fourth-order valence-electron chi connectivity index (χ4n) is 3.16. The van der Waals surface area contributed by atoms with Crippen LogP contribution in [0.2, 0.25) is 0 Å². The average molecular weight is 356 g/mol. The third-order valence-corrected chi connectivity index (χ3v) is 4.34. The number of hydrogen-bond acceptors (Lipinski definition) is 5. The number of ether oxygens (including phenoxy) is 3. The van der Waals surface area contributed by atoms with Gasteiger partial charge in [-0.2, -0.15) is 0 Å². The Morgan fingerprint density at radius 3 is 2.77 bits per heavy atom. The van der Waals surface area contributed by atoms with Gasteiger partial charge >= 0.3 is 6.16 Å². The minimum atomic E-state index is -0.748. The van der Waals surface area contributed by atoms with Crippen LogP contribution in [-0.4, -0.2) is 29.3 Å². The van der Waals surface area contributed by atoms with Gasteiger partial charge in [0, 0.05) is 28.5 Å². The zero-order valence-electron chi connectivity index (χ0n) is 15.6. The zero-order valence-corrected chi connectivity index (χ0v) is 15.6. The Kier molecular flexibility index (Phi) is 5.42. The lowest BCUT2D eigenvalue weighted by Gasteiger charge is -2.15. The first-order chi connectivity index (χ1) is 12.6. The number of aromatic nitrogens is 2. The van der Waals surface area contributed by atoms with Crippen LogP contribution in [0.4, 0.5) is 4.79 Å². The molecule has 0 aliphatic carbocycles. The summed E-state index contributed by atoms with van der Waals surface area (Å²) in [6.07, 6.45) is 1.86. The van der Waals surface area contributed by atoms with Gasteiger partial charge in [-0.25, -0.2) is 9.78 Å². The molecule has 138 valence electrons. The molecule has 2 aromatic heterocycles. The molecule has 0 aliphatic rings. The van der Waals surface area contributed by atoms with Crippen molar-refractivity contribution in [1.82, 2.24) is 9.97 Å². The number of benzene rings is 1. The Labute approximate surface area is 152 Å². The molecule has 0 amide bonds. The number of hydrogen-bond donors (Lipinski definition) is 1. The van der Waals surface area contributed by atoms with Gasteiger partial charge in [0.2, 0.25) is 5.88 Å². The number of H-pyrrole nitrogens is 1. The van der Waals surface area contributed by atoms with Crippen molar-refractivity contribution >= 4 is 28.0 Å². The molecule has 1 atom stereocenters. The van der Waals surface area contributed by atoms with E-state index < -0.39 is 6.16 Å². The number of pyridine rings is 1. The summed E-state index contributed by atoms with van der Waals surface area (Å²) in [4.78, 5) is 19.3. The van der Waals surface area contributed by atoms with Crippen LogP contribution >= 0.6 is 0 Å². The summed E-state index contributed by atoms with van der Waals surface area (Å²) in [6.45, 7) is 8.73. The third-order valence-electron chi connectivity index (χ3n) is 4.34. The molecule has 0 saturated carbocycles. The number of nitrogens with one attached hydrogen (secondary N) is 1. The van der Waals surface area contributed by atoms with Gasteiger partial charge in [-0.3, -0.25) is 0 Å². The van der Waals surface area contributed by atoms with Gasteiger partial charge in [-0.1, -0.05) is 19.1 Å². The largest absolute Gasteiger partial charge is 0.515 e. The second-order valence-electron chi connectivity index (χ2n) is 6.17. The number of carbonyl (C=O) groups excluding carboxylic acids is 1. The van der Waals surface area contributed by atoms with Gasteiger partial charge in [0.15, 0.2) is 0 Å². The second-order valence-corrected chi connectivity index (χ2v) is 6.17. The Morgan fingerprint density at radius 2 is 2.04 bits per heavy atom. The van der Waals surface area contributed by atoms with Gasteiger partial charge in [0.05, 0.1) is 24.4 Å². The molecular formula is C20H24N2O4. The molecule has 0 saturated heterocycles. The van der Waals surface area contributed by atoms with E-state index in [9.17, 15) is 4.79 Å². The van der Waals surface area contributed by atoms with E-state index >= 15 is 0 Å². The maximum atomic E-state index is 11.7. The van der Waals surface area contributed by atoms with Crippen molar-refractivity contribution < 1.29 is 19.0 Å². The molecule has 26 heavy (non-hydrogen) atoms. The van der Waals surface area contributed by atoms with Gasteiger partial charge in [-0.15, -0.1) is 0 Å². The van der Waals surface area contributed by atoms with Gasteiger partial charge in [0.1, 0.15) is 0 Å². The molecule has 6 heteroatoms. The molecule has 0 radical (unpaired) electrons. The average Bonchev–Trinajstić information content (AvgIpc) is 3.01. The highest BCUT2D eigenvalue weighted by atomic mass is 16.7. The van der Waals surface area contributed by atoms with Gasteiger partial charge < -0.3 is 19.2 Å². The van der Waals surface area contributed by atoms with Crippen molar-refractivity contribution in [1.29, 1.82) is 0 Å². The van der Waals surface area contributed by atoms with Crippen molar-refractivity contribution in [2.75, 3.05) is 13.2 Å². The predicted octanol–water partition coefficient (Wildman–Crippen LogP) is 5.05. The van der Waals surface area contributed by atoms with E-state index in [2.05, 4.69) is 29.9 Å². The smallest absolute Gasteiger partial charge is 0.434 e. The van der Waals surface area contributed by atoms with Crippen molar-refractivity contribution in [3.63, 3.8) is 0 Å². The van der Waals surface area contributed by atoms with Crippen molar-refractivity contribution in [2.45, 2.75) is 40.2 Å². The lowest BCUT2D eigenvalue weighted by molar-refractivity contribution is 0.0673. The lowest BCUT2D eigenvalue weighted by atomic mass is 10.0. The van der Waals surface area contributed by atoms with E-state index in [-0.39, 0.29) is 18.6 Å². The van der Waals surface area contributed by atoms with E-state index in [4.69, 9.17) is 14.2 Å². The molecule has 0 spiro atoms. The van der Waals surface area contributed by atoms with Crippen LogP contribution in [0.5, 0.6) is 5.88 Å². The quantitative estimate of drug-likeness (QED) is 0.626. The number of nitrogens with zero attached hydrogens (tertiary/aromatic N) is 1. The number of fused-ring (bicyclic) bond motifs is 3. The molecule has 3 aromatic rings. The summed E-state index contributed by atoms with van der Waals surface area (Å²) in [5.74, 6) is 0.258. The summed E-state index contributed by atoms with van der Waals surface area (Å²) in [5, 5.41) is 2.05. The van der Waals surface area contributed by atoms with Crippen LogP contribution in [-0.2, 0) is 9.47 Å². The lowest BCUT2D eigenvalue weighted by Crippen LogP contribution is -2.11. The van der Waals surface area contributed by atoms with Crippen LogP contribution in [0.3, 0.4) is 0 Å². The number of aromatic amines is 1. The Morgan fingerprint density at radius 1 is 1.23 bits per heavy atom. The Hall–Kier alpha value is -2.60. The van der Waals surface area contributed by atoms with Crippen LogP contribution in [0, 0.1) is 6.92 Å². The van der Waals surface area contributed by atoms with Gasteiger partial charge in [-0.05, 0) is 38.8 Å². The van der Waals surface area contributed by atoms with Crippen LogP contribution in [0.25, 0.3) is 21.8 Å². The molecule has 2 heterocycles. The standard InChI is InChI=1S/C20H24N2O4/c1-5-10-25-13(4)14-8-7-9-15-18(14)17-12(3)19(21-11-16(17)22-15)26-20(23)24-6-2/h7-9,11,13,22H,5-6,10H2,1-4H3. The topological polar surface area (TPSA) is 73.4 Å². The molecule has 1 aromatic carbocycles. The maximum absolute atomic E-state index is 11.7. The number of carbonyl (C=O) groups is 1. The molecule has 0 fully saturated rings. The minimum Gasteiger partial charge on any atom is -0.434 e. The first kappa shape index (κ1) is 18.2. The monoisotopic (exact) mass is 356 g/mol. The van der Waals surface area contributed by atoms with E-state index in [0.29, 0.717) is 6.61 Å². The summed E-state index contributed by atoms with van der Waals surface area (Å²) < 4.78 is 16.1. The van der Waals surface area contributed by atoms with Crippen LogP contribution < -0.4 is 4.74 Å². The first-order valence-electron chi connectivity index (χ1n) is 8.92. The highest BCUT2D eigenvalue weighted by Gasteiger charge is 2.19. The minimum absolute atomic E-state index is 0.0420. The SMILES string of the molecule is CCCOC(C)c1cccc2[nH]c3cnc(OC(=O)OCC)c(C)c3c12. The maximum Gasteiger partial charge on any atom is 0.515 e. The van der Waals surface area contributed by atoms with E-state index in [1.165, 1.54) is 0 Å². The van der Waals surface area contributed by atoms with Crippen LogP contribution in [0.1, 0.15) is 44.4 Å². The molecule has 0 aliphatic heterocycles. The molecular weight excluding hydrogens is 332 g/mol. The fraction of sp³-hybridized carbons (Fsp3) is 0.400. The number of aryl methyl sites for hydroxylation is 1. The fourth-order valence-corrected chi connectivity index (χ4v) is 3.16. The highest BCUT2D eigenvalue weighted by molar-refractivity contribution is 6.11. The Balaban J connectivity index is 2.13. The summed E-state index contributed by atoms with van der Waals surface area (Å²) in [6, 6.07) is 6.11. The normalized spacial score (nSPS) is 12.5. The third kappa shape index (κ3) is 3.37. The Bertz CT molecular complexity index is 932. The van der Waals surface area contributed by atoms with Crippen molar-refractivity contribution in [2.24, 2.45) is 0 Å². The van der Waals surface area contributed by atoms with E-state index in [1.807, 2.05) is 19.1 Å². The molecule has 6 nitrogen and oxygen atoms in total. The van der Waals surface area contributed by atoms with E-state index in [1.54, 1.807) is 13.1 Å². The predicted molar refractivity (Wildman–Crippen MR) is 101 cm³/mol. The van der Waals surface area contributed by atoms with Crippen LogP contribution in [0.15, 0.2) is 24.4 Å². The molecule has 1 N–H and O–H groups in total. The highest BCUT2D eigenvalue weighted by Crippen LogP contribution is 2.36. The summed E-state index contributed by atoms with van der Waals surface area (Å²) in [5.41, 5.74) is 3.78. The zero-order chi connectivity index (χ0) is 18.7. The first-order valence-corrected chi connectivity index (χ1v) is 8.92. The van der Waals surface area contributed by atoms with Crippen molar-refractivity contribution in [3.05, 3.63) is 35.5 Å². The summed E-state index contributed by atoms with van der Waals surface area (Å²) in [7, 11) is 0. The number of rotatable bonds is 6. The van der Waals surface area contributed by atoms with Gasteiger partial charge in [0.25, 0.3) is 0 Å². The second kappa shape index (κ2) is 7.74. The molecule has 0 bridgehead atoms. The summed E-state index contributed by atoms with van der Waals surface area (Å²) >= 11 is 0. The van der Waals surface area contributed by atoms with Crippen molar-refractivity contribution in [3.8, 4) is 5.88 Å². The molecule has 3 rings (SSSR count). The molecule has 1 unspecified atom stereocenters. The van der Waals surface area contributed by atoms with E-state index in [0.717, 1.165) is 39.4 Å².